The van der Waals surface area contributed by atoms with Crippen LogP contribution in [0, 0.1) is 3.57 Å². The lowest BCUT2D eigenvalue weighted by molar-refractivity contribution is -0.152. The number of benzene rings is 1. The predicted molar refractivity (Wildman–Crippen MR) is 75.8 cm³/mol. The van der Waals surface area contributed by atoms with Gasteiger partial charge in [0.2, 0.25) is 10.0 Å². The summed E-state index contributed by atoms with van der Waals surface area (Å²) >= 11 is 1.77. The van der Waals surface area contributed by atoms with Crippen molar-refractivity contribution >= 4 is 50.2 Å². The minimum Gasteiger partial charge on any atom is -0.459 e. The standard InChI is InChI=1S/C10H11IN2O5S/c1-2-18-10(15)9(14)13-7-5-3-4-6(11)8(7)19(12,16)17/h3-5H,2H2,1H3,(H,13,14)(H2,12,16,17). The molecule has 0 spiro atoms. The molecule has 0 heterocycles. The first kappa shape index (κ1) is 15.9. The quantitative estimate of drug-likeness (QED) is 0.436. The van der Waals surface area contributed by atoms with E-state index in [0.29, 0.717) is 3.57 Å². The van der Waals surface area contributed by atoms with Crippen LogP contribution >= 0.6 is 22.6 Å². The average Bonchev–Trinajstić information content (AvgIpc) is 2.27. The number of rotatable bonds is 3. The van der Waals surface area contributed by atoms with Crippen molar-refractivity contribution < 1.29 is 22.7 Å². The first-order valence-electron chi connectivity index (χ1n) is 5.06. The first-order valence-corrected chi connectivity index (χ1v) is 7.69. The number of carbonyl (C=O) groups excluding carboxylic acids is 2. The number of ether oxygens (including phenoxy) is 1. The third kappa shape index (κ3) is 4.14. The van der Waals surface area contributed by atoms with Gasteiger partial charge in [0.05, 0.1) is 12.3 Å². The van der Waals surface area contributed by atoms with E-state index in [0.717, 1.165) is 0 Å². The number of halogens is 1. The molecule has 0 aliphatic carbocycles. The molecule has 104 valence electrons. The maximum absolute atomic E-state index is 11.5. The van der Waals surface area contributed by atoms with Crippen LogP contribution < -0.4 is 10.5 Å². The van der Waals surface area contributed by atoms with E-state index in [4.69, 9.17) is 5.14 Å². The molecular weight excluding hydrogens is 387 g/mol. The number of anilines is 1. The molecule has 1 rings (SSSR count). The van der Waals surface area contributed by atoms with Crippen molar-refractivity contribution in [2.45, 2.75) is 11.8 Å². The van der Waals surface area contributed by atoms with Gasteiger partial charge < -0.3 is 10.1 Å². The fourth-order valence-electron chi connectivity index (χ4n) is 1.27. The van der Waals surface area contributed by atoms with Crippen LogP contribution in [0.3, 0.4) is 0 Å². The summed E-state index contributed by atoms with van der Waals surface area (Å²) in [6, 6.07) is 4.37. The van der Waals surface area contributed by atoms with Gasteiger partial charge in [0.25, 0.3) is 0 Å². The number of sulfonamides is 1. The molecule has 7 nitrogen and oxygen atoms in total. The van der Waals surface area contributed by atoms with E-state index in [2.05, 4.69) is 10.1 Å². The maximum atomic E-state index is 11.5. The summed E-state index contributed by atoms with van der Waals surface area (Å²) in [7, 11) is -4.02. The molecule has 0 radical (unpaired) electrons. The Hall–Kier alpha value is -1.20. The van der Waals surface area contributed by atoms with Crippen molar-refractivity contribution in [3.63, 3.8) is 0 Å². The second-order valence-electron chi connectivity index (χ2n) is 3.34. The van der Waals surface area contributed by atoms with Crippen LogP contribution in [0.1, 0.15) is 6.92 Å². The van der Waals surface area contributed by atoms with Gasteiger partial charge in [-0.1, -0.05) is 6.07 Å². The fourth-order valence-corrected chi connectivity index (χ4v) is 3.45. The molecule has 9 heteroatoms. The highest BCUT2D eigenvalue weighted by atomic mass is 127. The molecule has 0 fully saturated rings. The average molecular weight is 398 g/mol. The SMILES string of the molecule is CCOC(=O)C(=O)Nc1cccc(I)c1S(N)(=O)=O. The molecule has 0 saturated carbocycles. The Bertz CT molecular complexity index is 614. The minimum absolute atomic E-state index is 0.0423. The van der Waals surface area contributed by atoms with Crippen LogP contribution in [0.15, 0.2) is 23.1 Å². The van der Waals surface area contributed by atoms with Gasteiger partial charge in [-0.25, -0.2) is 18.4 Å². The molecule has 1 amide bonds. The molecule has 0 aliphatic rings. The van der Waals surface area contributed by atoms with E-state index in [1.807, 2.05) is 0 Å². The number of nitrogens with two attached hydrogens (primary N) is 1. The summed E-state index contributed by atoms with van der Waals surface area (Å²) in [4.78, 5) is 22.4. The minimum atomic E-state index is -4.02. The summed E-state index contributed by atoms with van der Waals surface area (Å²) in [5.41, 5.74) is -0.0625. The molecule has 0 saturated heterocycles. The van der Waals surface area contributed by atoms with Crippen molar-refractivity contribution in [3.05, 3.63) is 21.8 Å². The normalized spacial score (nSPS) is 10.9. The van der Waals surface area contributed by atoms with Crippen LogP contribution in [0.4, 0.5) is 5.69 Å². The van der Waals surface area contributed by atoms with Gasteiger partial charge in [0, 0.05) is 3.57 Å². The second-order valence-corrected chi connectivity index (χ2v) is 6.00. The highest BCUT2D eigenvalue weighted by Crippen LogP contribution is 2.25. The number of nitrogens with one attached hydrogen (secondary N) is 1. The van der Waals surface area contributed by atoms with Crippen molar-refractivity contribution in [3.8, 4) is 0 Å². The molecular formula is C10H11IN2O5S. The number of amides is 1. The molecule has 1 aromatic carbocycles. The maximum Gasteiger partial charge on any atom is 0.397 e. The van der Waals surface area contributed by atoms with Crippen LogP contribution in [-0.2, 0) is 24.3 Å². The number of esters is 1. The number of hydrogen-bond acceptors (Lipinski definition) is 5. The second kappa shape index (κ2) is 6.30. The molecule has 19 heavy (non-hydrogen) atoms. The summed E-state index contributed by atoms with van der Waals surface area (Å²) in [5, 5.41) is 7.23. The zero-order valence-corrected chi connectivity index (χ0v) is 12.8. The Morgan fingerprint density at radius 2 is 2.05 bits per heavy atom. The van der Waals surface area contributed by atoms with Crippen LogP contribution in [0.2, 0.25) is 0 Å². The Kier molecular flexibility index (Phi) is 5.26. The summed E-state index contributed by atoms with van der Waals surface area (Å²) < 4.78 is 27.7. The van der Waals surface area contributed by atoms with Crippen LogP contribution in [0.25, 0.3) is 0 Å². The highest BCUT2D eigenvalue weighted by molar-refractivity contribution is 14.1. The van der Waals surface area contributed by atoms with Crippen molar-refractivity contribution in [2.75, 3.05) is 11.9 Å². The van der Waals surface area contributed by atoms with Crippen molar-refractivity contribution in [2.24, 2.45) is 5.14 Å². The van der Waals surface area contributed by atoms with Gasteiger partial charge in [-0.2, -0.15) is 0 Å². The van der Waals surface area contributed by atoms with E-state index in [1.165, 1.54) is 18.2 Å². The number of primary sulfonamides is 1. The predicted octanol–water partition coefficient (Wildman–Crippen LogP) is 0.440. The van der Waals surface area contributed by atoms with Crippen LogP contribution in [-0.4, -0.2) is 26.9 Å². The lowest BCUT2D eigenvalue weighted by atomic mass is 10.3. The molecule has 3 N–H and O–H groups in total. The zero-order valence-electron chi connectivity index (χ0n) is 9.84. The van der Waals surface area contributed by atoms with Crippen molar-refractivity contribution in [1.82, 2.24) is 0 Å². The molecule has 1 aromatic rings. The van der Waals surface area contributed by atoms with Gasteiger partial charge in [0.15, 0.2) is 0 Å². The summed E-state index contributed by atoms with van der Waals surface area (Å²) in [6.07, 6.45) is 0. The van der Waals surface area contributed by atoms with Gasteiger partial charge in [-0.15, -0.1) is 0 Å². The molecule has 0 aliphatic heterocycles. The third-order valence-electron chi connectivity index (χ3n) is 1.96. The molecule has 0 bridgehead atoms. The van der Waals surface area contributed by atoms with E-state index in [-0.39, 0.29) is 17.2 Å². The molecule has 0 unspecified atom stereocenters. The van der Waals surface area contributed by atoms with Gasteiger partial charge >= 0.3 is 11.9 Å². The van der Waals surface area contributed by atoms with Gasteiger partial charge in [0.1, 0.15) is 4.90 Å². The number of carbonyl (C=O) groups is 2. The fraction of sp³-hybridized carbons (Fsp3) is 0.200. The summed E-state index contributed by atoms with van der Waals surface area (Å²) in [5.74, 6) is -2.16. The van der Waals surface area contributed by atoms with Gasteiger partial charge in [-0.3, -0.25) is 4.79 Å². The highest BCUT2D eigenvalue weighted by Gasteiger charge is 2.22. The third-order valence-corrected chi connectivity index (χ3v) is 4.23. The lowest BCUT2D eigenvalue weighted by Crippen LogP contribution is -2.27. The van der Waals surface area contributed by atoms with E-state index < -0.39 is 21.9 Å². The van der Waals surface area contributed by atoms with Gasteiger partial charge in [-0.05, 0) is 41.6 Å². The Morgan fingerprint density at radius 3 is 2.58 bits per heavy atom. The van der Waals surface area contributed by atoms with E-state index >= 15 is 0 Å². The monoisotopic (exact) mass is 398 g/mol. The Balaban J connectivity index is 3.13. The zero-order chi connectivity index (χ0) is 14.6. The largest absolute Gasteiger partial charge is 0.459 e. The topological polar surface area (TPSA) is 116 Å². The van der Waals surface area contributed by atoms with Crippen molar-refractivity contribution in [1.29, 1.82) is 0 Å². The lowest BCUT2D eigenvalue weighted by Gasteiger charge is -2.10. The van der Waals surface area contributed by atoms with E-state index in [1.54, 1.807) is 29.5 Å². The number of hydrogen-bond donors (Lipinski definition) is 2. The smallest absolute Gasteiger partial charge is 0.397 e. The Labute approximate surface area is 123 Å². The Morgan fingerprint density at radius 1 is 1.42 bits per heavy atom. The van der Waals surface area contributed by atoms with E-state index in [9.17, 15) is 18.0 Å². The molecule has 0 aromatic heterocycles. The first-order chi connectivity index (χ1) is 8.77. The summed E-state index contributed by atoms with van der Waals surface area (Å²) in [6.45, 7) is 1.59. The molecule has 0 atom stereocenters. The van der Waals surface area contributed by atoms with Crippen LogP contribution in [0.5, 0.6) is 0 Å².